The molecule has 4 aliphatic carbocycles. The van der Waals surface area contributed by atoms with Crippen molar-refractivity contribution in [2.75, 3.05) is 0 Å². The van der Waals surface area contributed by atoms with Crippen LogP contribution in [-0.4, -0.2) is 23.7 Å². The standard InChI is InChI=1S/C24H29FO4/c1-11-9-18(27)21(29-14(4)26)20-13(3)12(2)19-15(24(11,20)6)7-8-23(5)16(19)10-17(25)22(23)28/h9,12,15-17,19H,3,7-8,10H2,1-2,4-6H3/t12-,15+,16+,17-,19-,23+,24-/m1/s1. The molecular weight excluding hydrogens is 371 g/mol. The van der Waals surface area contributed by atoms with Crippen molar-refractivity contribution in [3.8, 4) is 0 Å². The molecule has 156 valence electrons. The Morgan fingerprint density at radius 2 is 1.93 bits per heavy atom. The molecule has 0 amide bonds. The summed E-state index contributed by atoms with van der Waals surface area (Å²) in [5.41, 5.74) is 1.25. The van der Waals surface area contributed by atoms with E-state index in [9.17, 15) is 18.8 Å². The number of ether oxygens (including phenoxy) is 1. The Morgan fingerprint density at radius 1 is 1.28 bits per heavy atom. The van der Waals surface area contributed by atoms with E-state index in [0.29, 0.717) is 6.42 Å². The zero-order valence-corrected chi connectivity index (χ0v) is 17.8. The van der Waals surface area contributed by atoms with Gasteiger partial charge in [-0.25, -0.2) is 4.39 Å². The van der Waals surface area contributed by atoms with Gasteiger partial charge in [0.15, 0.2) is 17.7 Å². The van der Waals surface area contributed by atoms with Crippen LogP contribution in [0.4, 0.5) is 4.39 Å². The van der Waals surface area contributed by atoms with Gasteiger partial charge in [-0.05, 0) is 61.5 Å². The highest BCUT2D eigenvalue weighted by atomic mass is 19.1. The van der Waals surface area contributed by atoms with Crippen LogP contribution < -0.4 is 0 Å². The Morgan fingerprint density at radius 3 is 2.55 bits per heavy atom. The Kier molecular flexibility index (Phi) is 4.35. The van der Waals surface area contributed by atoms with Crippen molar-refractivity contribution in [3.05, 3.63) is 35.1 Å². The van der Waals surface area contributed by atoms with Gasteiger partial charge in [0.1, 0.15) is 0 Å². The fourth-order valence-electron chi connectivity index (χ4n) is 6.95. The van der Waals surface area contributed by atoms with Crippen LogP contribution in [0, 0.1) is 34.5 Å². The van der Waals surface area contributed by atoms with Crippen molar-refractivity contribution in [2.45, 2.75) is 60.1 Å². The number of hydrogen-bond acceptors (Lipinski definition) is 4. The topological polar surface area (TPSA) is 60.4 Å². The lowest BCUT2D eigenvalue weighted by molar-refractivity contribution is -0.140. The van der Waals surface area contributed by atoms with Crippen molar-refractivity contribution >= 4 is 17.5 Å². The first-order valence-electron chi connectivity index (χ1n) is 10.5. The van der Waals surface area contributed by atoms with Crippen LogP contribution in [0.2, 0.25) is 0 Å². The third kappa shape index (κ3) is 2.45. The van der Waals surface area contributed by atoms with Crippen LogP contribution in [0.15, 0.2) is 35.1 Å². The molecule has 4 nitrogen and oxygen atoms in total. The van der Waals surface area contributed by atoms with E-state index < -0.39 is 23.0 Å². The van der Waals surface area contributed by atoms with Gasteiger partial charge in [-0.2, -0.15) is 0 Å². The molecule has 3 saturated carbocycles. The number of fused-ring (bicyclic) bond motifs is 5. The number of rotatable bonds is 1. The first-order valence-corrected chi connectivity index (χ1v) is 10.5. The number of carbonyl (C=O) groups excluding carboxylic acids is 3. The third-order valence-electron chi connectivity index (χ3n) is 8.60. The van der Waals surface area contributed by atoms with Gasteiger partial charge < -0.3 is 4.74 Å². The second kappa shape index (κ2) is 6.23. The summed E-state index contributed by atoms with van der Waals surface area (Å²) in [6.07, 6.45) is 1.84. The van der Waals surface area contributed by atoms with Gasteiger partial charge in [-0.15, -0.1) is 0 Å². The van der Waals surface area contributed by atoms with E-state index in [2.05, 4.69) is 20.4 Å². The van der Waals surface area contributed by atoms with Crippen molar-refractivity contribution in [1.29, 1.82) is 0 Å². The van der Waals surface area contributed by atoms with Crippen LogP contribution in [-0.2, 0) is 19.1 Å². The van der Waals surface area contributed by atoms with Gasteiger partial charge in [0.25, 0.3) is 0 Å². The molecule has 4 aliphatic rings. The Balaban J connectivity index is 1.89. The minimum absolute atomic E-state index is 0.0324. The molecule has 0 unspecified atom stereocenters. The second-order valence-electron chi connectivity index (χ2n) is 9.82. The van der Waals surface area contributed by atoms with E-state index in [1.807, 2.05) is 13.8 Å². The summed E-state index contributed by atoms with van der Waals surface area (Å²) in [5.74, 6) is -0.864. The fraction of sp³-hybridized carbons (Fsp3) is 0.625. The zero-order valence-electron chi connectivity index (χ0n) is 17.8. The van der Waals surface area contributed by atoms with Gasteiger partial charge in [0.05, 0.1) is 0 Å². The number of Topliss-reactive ketones (excluding diaryl/α,β-unsaturated/α-hetero) is 1. The van der Waals surface area contributed by atoms with Gasteiger partial charge >= 0.3 is 5.97 Å². The maximum absolute atomic E-state index is 14.5. The highest BCUT2D eigenvalue weighted by molar-refractivity contribution is 6.07. The van der Waals surface area contributed by atoms with Crippen molar-refractivity contribution < 1.29 is 23.5 Å². The summed E-state index contributed by atoms with van der Waals surface area (Å²) in [6, 6.07) is 0. The van der Waals surface area contributed by atoms with Crippen molar-refractivity contribution in [2.24, 2.45) is 34.5 Å². The summed E-state index contributed by atoms with van der Waals surface area (Å²) < 4.78 is 19.9. The van der Waals surface area contributed by atoms with E-state index in [1.165, 1.54) is 6.92 Å². The molecule has 0 heterocycles. The molecule has 0 saturated heterocycles. The van der Waals surface area contributed by atoms with Gasteiger partial charge in [0.2, 0.25) is 5.78 Å². The van der Waals surface area contributed by atoms with Crippen LogP contribution in [0.1, 0.15) is 53.9 Å². The molecule has 0 N–H and O–H groups in total. The monoisotopic (exact) mass is 400 g/mol. The van der Waals surface area contributed by atoms with Gasteiger partial charge in [0, 0.05) is 23.3 Å². The number of alkyl halides is 1. The SMILES string of the molecule is C=C1C2=C(OC(C)=O)C(=O)C=C(C)[C@]2(C)[C@H]2CC[C@]3(C)C(=O)[C@H](F)C[C@H]3[C@@H]2[C@@H]1C. The molecule has 0 aliphatic heterocycles. The molecule has 0 aromatic heterocycles. The number of allylic oxidation sites excluding steroid dienone is 4. The molecule has 0 radical (unpaired) electrons. The minimum atomic E-state index is -1.39. The van der Waals surface area contributed by atoms with E-state index in [-0.39, 0.29) is 47.4 Å². The Hall–Kier alpha value is -2.04. The summed E-state index contributed by atoms with van der Waals surface area (Å²) in [4.78, 5) is 37.1. The number of carbonyl (C=O) groups is 3. The highest BCUT2D eigenvalue weighted by Crippen LogP contribution is 2.67. The minimum Gasteiger partial charge on any atom is -0.422 e. The quantitative estimate of drug-likeness (QED) is 0.608. The number of esters is 1. The smallest absolute Gasteiger partial charge is 0.308 e. The summed E-state index contributed by atoms with van der Waals surface area (Å²) in [5, 5.41) is 0. The largest absolute Gasteiger partial charge is 0.422 e. The molecule has 5 heteroatoms. The average Bonchev–Trinajstić information content (AvgIpc) is 2.87. The van der Waals surface area contributed by atoms with Crippen LogP contribution in [0.25, 0.3) is 0 Å². The highest BCUT2D eigenvalue weighted by Gasteiger charge is 2.65. The summed E-state index contributed by atoms with van der Waals surface area (Å²) in [7, 11) is 0. The predicted molar refractivity (Wildman–Crippen MR) is 106 cm³/mol. The second-order valence-corrected chi connectivity index (χ2v) is 9.82. The molecule has 29 heavy (non-hydrogen) atoms. The summed E-state index contributed by atoms with van der Waals surface area (Å²) in [6.45, 7) is 13.6. The Labute approximate surface area is 171 Å². The van der Waals surface area contributed by atoms with Crippen LogP contribution in [0.3, 0.4) is 0 Å². The van der Waals surface area contributed by atoms with E-state index in [4.69, 9.17) is 4.74 Å². The maximum Gasteiger partial charge on any atom is 0.308 e. The zero-order chi connectivity index (χ0) is 21.5. The van der Waals surface area contributed by atoms with Crippen LogP contribution in [0.5, 0.6) is 0 Å². The lowest BCUT2D eigenvalue weighted by atomic mass is 9.44. The molecule has 0 aromatic rings. The van der Waals surface area contributed by atoms with Crippen molar-refractivity contribution in [1.82, 2.24) is 0 Å². The number of ketones is 2. The van der Waals surface area contributed by atoms with Gasteiger partial charge in [-0.3, -0.25) is 14.4 Å². The third-order valence-corrected chi connectivity index (χ3v) is 8.60. The molecular formula is C24H29FO4. The van der Waals surface area contributed by atoms with E-state index >= 15 is 0 Å². The summed E-state index contributed by atoms with van der Waals surface area (Å²) >= 11 is 0. The van der Waals surface area contributed by atoms with Crippen LogP contribution >= 0.6 is 0 Å². The number of hydrogen-bond donors (Lipinski definition) is 0. The molecule has 3 fully saturated rings. The predicted octanol–water partition coefficient (Wildman–Crippen LogP) is 4.50. The van der Waals surface area contributed by atoms with E-state index in [0.717, 1.165) is 23.1 Å². The molecule has 0 spiro atoms. The number of halogens is 1. The Bertz CT molecular complexity index is 912. The first kappa shape index (κ1) is 20.2. The first-order chi connectivity index (χ1) is 13.4. The molecule has 7 atom stereocenters. The molecule has 4 rings (SSSR count). The van der Waals surface area contributed by atoms with E-state index in [1.54, 1.807) is 6.08 Å². The lowest BCUT2D eigenvalue weighted by Crippen LogP contribution is -2.54. The maximum atomic E-state index is 14.5. The lowest BCUT2D eigenvalue weighted by Gasteiger charge is -2.59. The van der Waals surface area contributed by atoms with Gasteiger partial charge in [-0.1, -0.05) is 32.9 Å². The average molecular weight is 400 g/mol. The van der Waals surface area contributed by atoms with Crippen molar-refractivity contribution in [3.63, 3.8) is 0 Å². The normalized spacial score (nSPS) is 44.1. The molecule has 0 aromatic carbocycles. The molecule has 0 bridgehead atoms. The fourth-order valence-corrected chi connectivity index (χ4v) is 6.95.